The van der Waals surface area contributed by atoms with Crippen molar-refractivity contribution >= 4 is 28.9 Å². The molecule has 1 atom stereocenters. The van der Waals surface area contributed by atoms with Crippen LogP contribution in [0.1, 0.15) is 40.5 Å². The molecule has 0 aliphatic carbocycles. The number of hydrogen-bond donors (Lipinski definition) is 2. The predicted molar refractivity (Wildman–Crippen MR) is 135 cm³/mol. The molecule has 0 bridgehead atoms. The minimum absolute atomic E-state index is 0.0180. The van der Waals surface area contributed by atoms with Crippen molar-refractivity contribution in [2.24, 2.45) is 11.3 Å². The summed E-state index contributed by atoms with van der Waals surface area (Å²) >= 11 is 0. The van der Waals surface area contributed by atoms with Gasteiger partial charge in [-0.3, -0.25) is 0 Å². The number of ether oxygens (including phenoxy) is 3. The zero-order chi connectivity index (χ0) is 25.8. The standard InChI is InChI=1S/C27H36N2O6/c1-19(2)24(30)33-14-15-34-25(31)29-18-27(4,5)17-20(3)12-13-28-26(32)35-23-11-10-21-8-6-7-9-22(21)16-23/h6-11,16,20H,1,12-15,17-18H2,2-5H3,(H,28,32)(H,29,31). The maximum atomic E-state index is 12.1. The first-order chi connectivity index (χ1) is 16.6. The van der Waals surface area contributed by atoms with Gasteiger partial charge >= 0.3 is 18.2 Å². The van der Waals surface area contributed by atoms with E-state index >= 15 is 0 Å². The topological polar surface area (TPSA) is 103 Å². The van der Waals surface area contributed by atoms with Crippen molar-refractivity contribution in [2.45, 2.75) is 40.5 Å². The van der Waals surface area contributed by atoms with E-state index in [1.54, 1.807) is 13.0 Å². The Kier molecular flexibility index (Phi) is 10.6. The normalized spacial score (nSPS) is 11.9. The van der Waals surface area contributed by atoms with Crippen LogP contribution >= 0.6 is 0 Å². The van der Waals surface area contributed by atoms with Gasteiger partial charge in [0.05, 0.1) is 0 Å². The Balaban J connectivity index is 1.62. The fourth-order valence-corrected chi connectivity index (χ4v) is 3.67. The summed E-state index contributed by atoms with van der Waals surface area (Å²) in [6.45, 7) is 12.1. The maximum absolute atomic E-state index is 12.1. The minimum atomic E-state index is -0.560. The molecule has 8 heteroatoms. The molecular weight excluding hydrogens is 448 g/mol. The summed E-state index contributed by atoms with van der Waals surface area (Å²) in [5.74, 6) is 0.299. The Morgan fingerprint density at radius 2 is 1.66 bits per heavy atom. The molecule has 0 aliphatic heterocycles. The Bertz CT molecular complexity index is 1030. The molecule has 2 N–H and O–H groups in total. The molecule has 0 spiro atoms. The van der Waals surface area contributed by atoms with Crippen molar-refractivity contribution < 1.29 is 28.6 Å². The van der Waals surface area contributed by atoms with Crippen molar-refractivity contribution in [1.82, 2.24) is 10.6 Å². The Hall–Kier alpha value is -3.55. The van der Waals surface area contributed by atoms with Crippen molar-refractivity contribution in [1.29, 1.82) is 0 Å². The van der Waals surface area contributed by atoms with Crippen molar-refractivity contribution in [3.8, 4) is 5.75 Å². The molecule has 0 saturated heterocycles. The van der Waals surface area contributed by atoms with Crippen LogP contribution in [0.5, 0.6) is 5.75 Å². The smallest absolute Gasteiger partial charge is 0.412 e. The van der Waals surface area contributed by atoms with E-state index in [9.17, 15) is 14.4 Å². The Labute approximate surface area is 207 Å². The first-order valence-electron chi connectivity index (χ1n) is 11.7. The summed E-state index contributed by atoms with van der Waals surface area (Å²) in [4.78, 5) is 35.3. The number of rotatable bonds is 12. The SMILES string of the molecule is C=C(C)C(=O)OCCOC(=O)NCC(C)(C)CC(C)CCNC(=O)Oc1ccc2ccccc2c1. The summed E-state index contributed by atoms with van der Waals surface area (Å²) in [6, 6.07) is 13.4. The van der Waals surface area contributed by atoms with Gasteiger partial charge in [0.15, 0.2) is 0 Å². The number of alkyl carbamates (subject to hydrolysis) is 1. The van der Waals surface area contributed by atoms with Gasteiger partial charge in [-0.2, -0.15) is 0 Å². The van der Waals surface area contributed by atoms with Gasteiger partial charge in [-0.1, -0.05) is 57.7 Å². The molecule has 1 unspecified atom stereocenters. The molecular formula is C27H36N2O6. The zero-order valence-corrected chi connectivity index (χ0v) is 21.0. The van der Waals surface area contributed by atoms with E-state index in [2.05, 4.69) is 38.0 Å². The minimum Gasteiger partial charge on any atom is -0.459 e. The van der Waals surface area contributed by atoms with Gasteiger partial charge in [-0.05, 0) is 54.0 Å². The molecule has 0 fully saturated rings. The van der Waals surface area contributed by atoms with Crippen LogP contribution < -0.4 is 15.4 Å². The van der Waals surface area contributed by atoms with Gasteiger partial charge in [0, 0.05) is 18.7 Å². The van der Waals surface area contributed by atoms with E-state index < -0.39 is 18.2 Å². The lowest BCUT2D eigenvalue weighted by Crippen LogP contribution is -2.36. The number of carbonyl (C=O) groups is 3. The molecule has 0 saturated carbocycles. The number of carbonyl (C=O) groups excluding carboxylic acids is 3. The quantitative estimate of drug-likeness (QED) is 0.243. The number of fused-ring (bicyclic) bond motifs is 1. The van der Waals surface area contributed by atoms with Crippen LogP contribution in [0, 0.1) is 11.3 Å². The highest BCUT2D eigenvalue weighted by molar-refractivity contribution is 5.87. The highest BCUT2D eigenvalue weighted by Gasteiger charge is 2.22. The molecule has 2 aromatic carbocycles. The van der Waals surface area contributed by atoms with Crippen LogP contribution in [0.2, 0.25) is 0 Å². The van der Waals surface area contributed by atoms with Gasteiger partial charge in [-0.15, -0.1) is 0 Å². The highest BCUT2D eigenvalue weighted by atomic mass is 16.6. The number of nitrogens with one attached hydrogen (secondary N) is 2. The molecule has 8 nitrogen and oxygen atoms in total. The molecule has 0 radical (unpaired) electrons. The lowest BCUT2D eigenvalue weighted by atomic mass is 9.82. The van der Waals surface area contributed by atoms with Crippen LogP contribution in [0.3, 0.4) is 0 Å². The molecule has 0 aromatic heterocycles. The molecule has 35 heavy (non-hydrogen) atoms. The van der Waals surface area contributed by atoms with E-state index in [-0.39, 0.29) is 18.6 Å². The van der Waals surface area contributed by atoms with Crippen molar-refractivity contribution in [2.75, 3.05) is 26.3 Å². The van der Waals surface area contributed by atoms with Crippen LogP contribution in [-0.4, -0.2) is 44.5 Å². The van der Waals surface area contributed by atoms with E-state index in [1.807, 2.05) is 36.4 Å². The fourth-order valence-electron chi connectivity index (χ4n) is 3.67. The summed E-state index contributed by atoms with van der Waals surface area (Å²) < 4.78 is 15.3. The third-order valence-electron chi connectivity index (χ3n) is 5.35. The average Bonchev–Trinajstić information content (AvgIpc) is 2.80. The second-order valence-electron chi connectivity index (χ2n) is 9.49. The average molecular weight is 485 g/mol. The van der Waals surface area contributed by atoms with E-state index in [0.717, 1.165) is 23.6 Å². The lowest BCUT2D eigenvalue weighted by molar-refractivity contribution is -0.139. The van der Waals surface area contributed by atoms with Crippen LogP contribution in [-0.2, 0) is 14.3 Å². The number of amides is 2. The third kappa shape index (κ3) is 10.5. The fraction of sp³-hybridized carbons (Fsp3) is 0.444. The van der Waals surface area contributed by atoms with Crippen LogP contribution in [0.4, 0.5) is 9.59 Å². The van der Waals surface area contributed by atoms with Crippen molar-refractivity contribution in [3.05, 3.63) is 54.6 Å². The zero-order valence-electron chi connectivity index (χ0n) is 21.0. The summed E-state index contributed by atoms with van der Waals surface area (Å²) in [7, 11) is 0. The van der Waals surface area contributed by atoms with Crippen molar-refractivity contribution in [3.63, 3.8) is 0 Å². The molecule has 0 heterocycles. The molecule has 2 aromatic rings. The largest absolute Gasteiger partial charge is 0.459 e. The molecule has 2 rings (SSSR count). The second kappa shape index (κ2) is 13.4. The molecule has 190 valence electrons. The Morgan fingerprint density at radius 1 is 0.971 bits per heavy atom. The molecule has 2 amide bonds. The van der Waals surface area contributed by atoms with Crippen LogP contribution in [0.15, 0.2) is 54.6 Å². The van der Waals surface area contributed by atoms with Gasteiger partial charge in [0.1, 0.15) is 19.0 Å². The van der Waals surface area contributed by atoms with E-state index in [1.165, 1.54) is 0 Å². The summed E-state index contributed by atoms with van der Waals surface area (Å²) in [6.07, 6.45) is 0.569. The maximum Gasteiger partial charge on any atom is 0.412 e. The van der Waals surface area contributed by atoms with Crippen LogP contribution in [0.25, 0.3) is 10.8 Å². The lowest BCUT2D eigenvalue weighted by Gasteiger charge is -2.28. The van der Waals surface area contributed by atoms with Gasteiger partial charge in [-0.25, -0.2) is 14.4 Å². The van der Waals surface area contributed by atoms with Gasteiger partial charge in [0.2, 0.25) is 0 Å². The Morgan fingerprint density at radius 3 is 2.37 bits per heavy atom. The second-order valence-corrected chi connectivity index (χ2v) is 9.49. The highest BCUT2D eigenvalue weighted by Crippen LogP contribution is 2.26. The van der Waals surface area contributed by atoms with Gasteiger partial charge < -0.3 is 24.8 Å². The number of hydrogen-bond acceptors (Lipinski definition) is 6. The van der Waals surface area contributed by atoms with E-state index in [0.29, 0.717) is 30.3 Å². The summed E-state index contributed by atoms with van der Waals surface area (Å²) in [5, 5.41) is 7.64. The third-order valence-corrected chi connectivity index (χ3v) is 5.35. The predicted octanol–water partition coefficient (Wildman–Crippen LogP) is 5.22. The van der Waals surface area contributed by atoms with E-state index in [4.69, 9.17) is 14.2 Å². The molecule has 0 aliphatic rings. The summed E-state index contributed by atoms with van der Waals surface area (Å²) in [5.41, 5.74) is 0.124. The first kappa shape index (κ1) is 27.7. The number of esters is 1. The van der Waals surface area contributed by atoms with Gasteiger partial charge in [0.25, 0.3) is 0 Å². The monoisotopic (exact) mass is 484 g/mol. The number of benzene rings is 2. The first-order valence-corrected chi connectivity index (χ1v) is 11.7.